The first-order valence-corrected chi connectivity index (χ1v) is 8.19. The van der Waals surface area contributed by atoms with Crippen LogP contribution in [0.4, 0.5) is 0 Å². The Balaban J connectivity index is 2.02. The highest BCUT2D eigenvalue weighted by molar-refractivity contribution is 6.30. The lowest BCUT2D eigenvalue weighted by atomic mass is 10.0. The van der Waals surface area contributed by atoms with Gasteiger partial charge < -0.3 is 4.90 Å². The second-order valence-corrected chi connectivity index (χ2v) is 6.45. The maximum atomic E-state index is 12.5. The van der Waals surface area contributed by atoms with Crippen molar-refractivity contribution in [1.29, 1.82) is 0 Å². The molecule has 0 aliphatic rings. The van der Waals surface area contributed by atoms with Gasteiger partial charge in [-0.15, -0.1) is 0 Å². The molecule has 0 saturated heterocycles. The smallest absolute Gasteiger partial charge is 0.223 e. The van der Waals surface area contributed by atoms with Gasteiger partial charge >= 0.3 is 0 Å². The van der Waals surface area contributed by atoms with Gasteiger partial charge in [0, 0.05) is 31.2 Å². The molecule has 1 heterocycles. The van der Waals surface area contributed by atoms with Crippen LogP contribution in [-0.4, -0.2) is 27.6 Å². The summed E-state index contributed by atoms with van der Waals surface area (Å²) in [6, 6.07) is 7.65. The summed E-state index contributed by atoms with van der Waals surface area (Å²) < 4.78 is 1.87. The average Bonchev–Trinajstić information content (AvgIpc) is 2.76. The van der Waals surface area contributed by atoms with Crippen molar-refractivity contribution in [3.63, 3.8) is 0 Å². The molecule has 0 N–H and O–H groups in total. The zero-order valence-electron chi connectivity index (χ0n) is 14.4. The predicted octanol–water partition coefficient (Wildman–Crippen LogP) is 3.84. The van der Waals surface area contributed by atoms with E-state index in [1.165, 1.54) is 5.56 Å². The van der Waals surface area contributed by atoms with Crippen molar-refractivity contribution in [2.24, 2.45) is 7.05 Å². The molecule has 0 aliphatic carbocycles. The quantitative estimate of drug-likeness (QED) is 0.833. The van der Waals surface area contributed by atoms with Gasteiger partial charge in [-0.25, -0.2) is 0 Å². The minimum Gasteiger partial charge on any atom is -0.339 e. The summed E-state index contributed by atoms with van der Waals surface area (Å²) in [7, 11) is 3.78. The molecule has 0 saturated carbocycles. The first-order valence-electron chi connectivity index (χ1n) is 7.81. The van der Waals surface area contributed by atoms with Crippen LogP contribution in [-0.2, 0) is 18.3 Å². The molecule has 1 unspecified atom stereocenters. The molecule has 1 aromatic heterocycles. The molecule has 1 atom stereocenters. The molecule has 23 heavy (non-hydrogen) atoms. The molecule has 0 radical (unpaired) electrons. The highest BCUT2D eigenvalue weighted by atomic mass is 35.5. The minimum atomic E-state index is -0.00251. The number of benzene rings is 1. The maximum Gasteiger partial charge on any atom is 0.223 e. The van der Waals surface area contributed by atoms with Crippen molar-refractivity contribution in [2.75, 3.05) is 7.05 Å². The summed E-state index contributed by atoms with van der Waals surface area (Å²) in [5, 5.41) is 5.09. The molecule has 2 aromatic rings. The summed E-state index contributed by atoms with van der Waals surface area (Å²) in [6.07, 6.45) is 1.20. The van der Waals surface area contributed by atoms with Crippen molar-refractivity contribution in [3.05, 3.63) is 51.8 Å². The Bertz CT molecular complexity index is 708. The number of amides is 1. The molecule has 0 spiro atoms. The van der Waals surface area contributed by atoms with E-state index in [1.54, 1.807) is 4.90 Å². The molecule has 1 amide bonds. The largest absolute Gasteiger partial charge is 0.339 e. The number of hydrogen-bond acceptors (Lipinski definition) is 2. The Morgan fingerprint density at radius 2 is 2.09 bits per heavy atom. The van der Waals surface area contributed by atoms with Crippen LogP contribution in [0.1, 0.15) is 41.9 Å². The Kier molecular flexibility index (Phi) is 5.47. The van der Waals surface area contributed by atoms with E-state index in [-0.39, 0.29) is 11.9 Å². The van der Waals surface area contributed by atoms with Crippen LogP contribution >= 0.6 is 11.6 Å². The first-order chi connectivity index (χ1) is 10.8. The maximum absolute atomic E-state index is 12.5. The Morgan fingerprint density at radius 3 is 2.65 bits per heavy atom. The molecule has 0 aliphatic heterocycles. The number of nitrogens with zero attached hydrogens (tertiary/aromatic N) is 3. The molecule has 0 bridgehead atoms. The normalized spacial score (nSPS) is 12.3. The van der Waals surface area contributed by atoms with E-state index in [4.69, 9.17) is 11.6 Å². The summed E-state index contributed by atoms with van der Waals surface area (Å²) in [6.45, 7) is 6.05. The van der Waals surface area contributed by atoms with E-state index in [1.807, 2.05) is 63.8 Å². The number of aromatic nitrogens is 2. The fraction of sp³-hybridized carbons (Fsp3) is 0.444. The molecular formula is C18H24ClN3O. The first kappa shape index (κ1) is 17.5. The molecule has 124 valence electrons. The number of carbonyl (C=O) groups is 1. The predicted molar refractivity (Wildman–Crippen MR) is 93.6 cm³/mol. The van der Waals surface area contributed by atoms with Crippen molar-refractivity contribution >= 4 is 17.5 Å². The van der Waals surface area contributed by atoms with Crippen molar-refractivity contribution in [3.8, 4) is 0 Å². The molecule has 4 nitrogen and oxygen atoms in total. The lowest BCUT2D eigenvalue weighted by Gasteiger charge is -2.25. The SMILES string of the molecule is Cc1nn(C)c(C)c1CCC(=O)N(C)C(C)c1cccc(Cl)c1. The zero-order chi connectivity index (χ0) is 17.1. The average molecular weight is 334 g/mol. The summed E-state index contributed by atoms with van der Waals surface area (Å²) in [4.78, 5) is 14.3. The van der Waals surface area contributed by atoms with Gasteiger partial charge in [-0.2, -0.15) is 5.10 Å². The van der Waals surface area contributed by atoms with E-state index in [0.717, 1.165) is 23.4 Å². The second kappa shape index (κ2) is 7.18. The number of halogens is 1. The van der Waals surface area contributed by atoms with E-state index in [0.29, 0.717) is 11.4 Å². The molecule has 0 fully saturated rings. The van der Waals surface area contributed by atoms with Crippen LogP contribution in [0.5, 0.6) is 0 Å². The highest BCUT2D eigenvalue weighted by Gasteiger charge is 2.19. The molecular weight excluding hydrogens is 310 g/mol. The number of aryl methyl sites for hydroxylation is 2. The van der Waals surface area contributed by atoms with Gasteiger partial charge in [0.05, 0.1) is 11.7 Å². The van der Waals surface area contributed by atoms with Gasteiger partial charge in [-0.05, 0) is 50.5 Å². The third-order valence-corrected chi connectivity index (χ3v) is 4.79. The third-order valence-electron chi connectivity index (χ3n) is 4.55. The van der Waals surface area contributed by atoms with E-state index >= 15 is 0 Å². The fourth-order valence-electron chi connectivity index (χ4n) is 2.79. The molecule has 2 rings (SSSR count). The van der Waals surface area contributed by atoms with Gasteiger partial charge in [0.25, 0.3) is 0 Å². The van der Waals surface area contributed by atoms with Crippen LogP contribution in [0.25, 0.3) is 0 Å². The van der Waals surface area contributed by atoms with E-state index in [9.17, 15) is 4.79 Å². The van der Waals surface area contributed by atoms with Crippen LogP contribution in [0.3, 0.4) is 0 Å². The minimum absolute atomic E-state index is 0.00251. The summed E-state index contributed by atoms with van der Waals surface area (Å²) in [5.74, 6) is 0.125. The Labute approximate surface area is 143 Å². The number of carbonyl (C=O) groups excluding carboxylic acids is 1. The zero-order valence-corrected chi connectivity index (χ0v) is 15.2. The monoisotopic (exact) mass is 333 g/mol. The summed E-state index contributed by atoms with van der Waals surface area (Å²) in [5.41, 5.74) is 4.34. The van der Waals surface area contributed by atoms with Gasteiger partial charge in [-0.1, -0.05) is 23.7 Å². The van der Waals surface area contributed by atoms with E-state index < -0.39 is 0 Å². The van der Waals surface area contributed by atoms with Gasteiger partial charge in [0.2, 0.25) is 5.91 Å². The van der Waals surface area contributed by atoms with Crippen molar-refractivity contribution in [1.82, 2.24) is 14.7 Å². The van der Waals surface area contributed by atoms with Gasteiger partial charge in [0.1, 0.15) is 0 Å². The Morgan fingerprint density at radius 1 is 1.39 bits per heavy atom. The van der Waals surface area contributed by atoms with Crippen molar-refractivity contribution < 1.29 is 4.79 Å². The second-order valence-electron chi connectivity index (χ2n) is 6.01. The van der Waals surface area contributed by atoms with Gasteiger partial charge in [0.15, 0.2) is 0 Å². The standard InChI is InChI=1S/C18H24ClN3O/c1-12-17(14(3)22(5)20-12)9-10-18(23)21(4)13(2)15-7-6-8-16(19)11-15/h6-8,11,13H,9-10H2,1-5H3. The lowest BCUT2D eigenvalue weighted by molar-refractivity contribution is -0.131. The van der Waals surface area contributed by atoms with Crippen LogP contribution in [0, 0.1) is 13.8 Å². The van der Waals surface area contributed by atoms with E-state index in [2.05, 4.69) is 5.10 Å². The lowest BCUT2D eigenvalue weighted by Crippen LogP contribution is -2.29. The fourth-order valence-corrected chi connectivity index (χ4v) is 2.99. The van der Waals surface area contributed by atoms with Crippen LogP contribution in [0.2, 0.25) is 5.02 Å². The van der Waals surface area contributed by atoms with Gasteiger partial charge in [-0.3, -0.25) is 9.48 Å². The third kappa shape index (κ3) is 3.94. The topological polar surface area (TPSA) is 38.1 Å². The Hall–Kier alpha value is -1.81. The highest BCUT2D eigenvalue weighted by Crippen LogP contribution is 2.23. The van der Waals surface area contributed by atoms with Crippen LogP contribution < -0.4 is 0 Å². The molecule has 5 heteroatoms. The van der Waals surface area contributed by atoms with Crippen molar-refractivity contribution in [2.45, 2.75) is 39.7 Å². The number of rotatable bonds is 5. The van der Waals surface area contributed by atoms with Crippen LogP contribution in [0.15, 0.2) is 24.3 Å². The number of hydrogen-bond donors (Lipinski definition) is 0. The molecule has 1 aromatic carbocycles. The summed E-state index contributed by atoms with van der Waals surface area (Å²) >= 11 is 6.04.